The lowest BCUT2D eigenvalue weighted by Gasteiger charge is -2.32. The summed E-state index contributed by atoms with van der Waals surface area (Å²) in [6.45, 7) is 5.39. The van der Waals surface area contributed by atoms with Crippen LogP contribution >= 0.6 is 0 Å². The highest BCUT2D eigenvalue weighted by Gasteiger charge is 2.52. The van der Waals surface area contributed by atoms with Crippen LogP contribution < -0.4 is 4.90 Å². The summed E-state index contributed by atoms with van der Waals surface area (Å²) in [5, 5.41) is 9.19. The molecular formula is C31H35FN2O5S. The van der Waals surface area contributed by atoms with E-state index in [0.717, 1.165) is 59.7 Å². The molecule has 0 spiro atoms. The van der Waals surface area contributed by atoms with Crippen molar-refractivity contribution in [3.05, 3.63) is 82.5 Å². The van der Waals surface area contributed by atoms with Crippen molar-refractivity contribution < 1.29 is 27.4 Å². The molecule has 2 unspecified atom stereocenters. The molecule has 1 aromatic carbocycles. The first-order valence-electron chi connectivity index (χ1n) is 13.7. The van der Waals surface area contributed by atoms with Crippen LogP contribution in [0.25, 0.3) is 11.1 Å². The minimum Gasteiger partial charge on any atom is -0.489 e. The summed E-state index contributed by atoms with van der Waals surface area (Å²) < 4.78 is 43.9. The second-order valence-electron chi connectivity index (χ2n) is 11.1. The van der Waals surface area contributed by atoms with Crippen LogP contribution in [0.3, 0.4) is 0 Å². The van der Waals surface area contributed by atoms with Gasteiger partial charge in [0.25, 0.3) is 0 Å². The lowest BCUT2D eigenvalue weighted by molar-refractivity contribution is -0.138. The van der Waals surface area contributed by atoms with Gasteiger partial charge in [0.05, 0.1) is 11.7 Å². The molecule has 2 heterocycles. The number of rotatable bonds is 9. The molecule has 3 aliphatic rings. The summed E-state index contributed by atoms with van der Waals surface area (Å²) >= 11 is 0. The first-order chi connectivity index (χ1) is 19.0. The molecule has 0 radical (unpaired) electrons. The van der Waals surface area contributed by atoms with Crippen molar-refractivity contribution >= 4 is 21.6 Å². The van der Waals surface area contributed by atoms with Gasteiger partial charge >= 0.3 is 5.97 Å². The Kier molecular flexibility index (Phi) is 7.86. The van der Waals surface area contributed by atoms with Gasteiger partial charge in [-0.3, -0.25) is 4.79 Å². The maximum absolute atomic E-state index is 14.7. The molecule has 1 aromatic heterocycles. The standard InChI is InChI=1S/C31H35FN2O5S/c1-4-24(13-21-14-26-27(15-21)30(26)31(35)36)39-17-23-16-22(5-7-28(23)32)25-6-8-29(33-19(25)2)34-11-9-20(10-12-34)18-40(3,37)38/h4-8,13-14,16,20,27,30H,9-12,15,17-18H2,1-3H3,(H,35,36). The molecule has 9 heteroatoms. The topological polar surface area (TPSA) is 96.8 Å². The predicted molar refractivity (Wildman–Crippen MR) is 153 cm³/mol. The molecule has 1 saturated carbocycles. The molecule has 2 aromatic rings. The van der Waals surface area contributed by atoms with Gasteiger partial charge in [0.15, 0.2) is 0 Å². The highest BCUT2D eigenvalue weighted by molar-refractivity contribution is 7.90. The van der Waals surface area contributed by atoms with Crippen molar-refractivity contribution in [3.8, 4) is 11.1 Å². The number of halogens is 1. The molecule has 1 saturated heterocycles. The third kappa shape index (κ3) is 6.30. The number of ether oxygens (including phenoxy) is 1. The van der Waals surface area contributed by atoms with Crippen LogP contribution in [-0.4, -0.2) is 49.6 Å². The normalized spacial score (nSPS) is 22.3. The average molecular weight is 567 g/mol. The quantitative estimate of drug-likeness (QED) is 0.403. The van der Waals surface area contributed by atoms with E-state index in [2.05, 4.69) is 4.90 Å². The number of sulfone groups is 1. The fourth-order valence-electron chi connectivity index (χ4n) is 5.91. The molecule has 1 N–H and O–H groups in total. The lowest BCUT2D eigenvalue weighted by Crippen LogP contribution is -2.36. The summed E-state index contributed by atoms with van der Waals surface area (Å²) in [6.07, 6.45) is 9.29. The Bertz CT molecular complexity index is 1520. The fourth-order valence-corrected chi connectivity index (χ4v) is 7.09. The van der Waals surface area contributed by atoms with Crippen LogP contribution in [0.4, 0.5) is 10.2 Å². The Morgan fingerprint density at radius 3 is 2.58 bits per heavy atom. The van der Waals surface area contributed by atoms with E-state index < -0.39 is 15.8 Å². The number of anilines is 1. The second kappa shape index (κ2) is 11.2. The number of hydrogen-bond donors (Lipinski definition) is 1. The Morgan fingerprint density at radius 1 is 1.23 bits per heavy atom. The van der Waals surface area contributed by atoms with E-state index in [-0.39, 0.29) is 35.9 Å². The van der Waals surface area contributed by atoms with Gasteiger partial charge in [0, 0.05) is 42.1 Å². The molecule has 0 amide bonds. The number of nitrogens with zero attached hydrogens (tertiary/aromatic N) is 2. The molecule has 2 atom stereocenters. The number of aromatic nitrogens is 1. The first kappa shape index (κ1) is 28.1. The smallest absolute Gasteiger partial charge is 0.311 e. The van der Waals surface area contributed by atoms with Gasteiger partial charge in [-0.05, 0) is 86.6 Å². The highest BCUT2D eigenvalue weighted by Crippen LogP contribution is 2.55. The van der Waals surface area contributed by atoms with Crippen molar-refractivity contribution in [2.24, 2.45) is 17.8 Å². The summed E-state index contributed by atoms with van der Waals surface area (Å²) in [5.41, 5.74) is 5.03. The number of piperidine rings is 1. The second-order valence-corrected chi connectivity index (χ2v) is 13.3. The first-order valence-corrected chi connectivity index (χ1v) is 15.7. The Morgan fingerprint density at radius 2 is 1.98 bits per heavy atom. The van der Waals surface area contributed by atoms with Gasteiger partial charge in [0.2, 0.25) is 0 Å². The predicted octanol–water partition coefficient (Wildman–Crippen LogP) is 5.46. The van der Waals surface area contributed by atoms with Crippen molar-refractivity contribution in [1.82, 2.24) is 4.98 Å². The lowest BCUT2D eigenvalue weighted by atomic mass is 9.98. The SMILES string of the molecule is CC=C(C=C1C=C2C(C1)C2C(=O)O)OCc1cc(-c2ccc(N3CCC(CS(C)(=O)=O)CC3)nc2C)ccc1F. The molecule has 1 aliphatic heterocycles. The van der Waals surface area contributed by atoms with Gasteiger partial charge in [0.1, 0.15) is 33.8 Å². The van der Waals surface area contributed by atoms with Crippen LogP contribution in [0, 0.1) is 30.5 Å². The fraction of sp³-hybridized carbons (Fsp3) is 0.419. The summed E-state index contributed by atoms with van der Waals surface area (Å²) in [4.78, 5) is 18.2. The zero-order chi connectivity index (χ0) is 28.6. The van der Waals surface area contributed by atoms with E-state index >= 15 is 0 Å². The summed E-state index contributed by atoms with van der Waals surface area (Å²) in [6, 6.07) is 8.96. The zero-order valence-electron chi connectivity index (χ0n) is 23.1. The van der Waals surface area contributed by atoms with Crippen molar-refractivity contribution in [2.45, 2.75) is 39.7 Å². The van der Waals surface area contributed by atoms with Gasteiger partial charge in [-0.2, -0.15) is 0 Å². The maximum atomic E-state index is 14.7. The van der Waals surface area contributed by atoms with Crippen LogP contribution in [0.1, 0.15) is 37.4 Å². The number of allylic oxidation sites excluding steroid dienone is 4. The molecule has 5 rings (SSSR count). The molecule has 7 nitrogen and oxygen atoms in total. The molecular weight excluding hydrogens is 531 g/mol. The Labute approximate surface area is 235 Å². The van der Waals surface area contributed by atoms with Crippen molar-refractivity contribution in [1.29, 1.82) is 0 Å². The monoisotopic (exact) mass is 566 g/mol. The van der Waals surface area contributed by atoms with E-state index in [1.807, 2.05) is 44.2 Å². The number of carboxylic acid groups (broad SMARTS) is 1. The Balaban J connectivity index is 1.23. The Hall–Kier alpha value is -3.46. The van der Waals surface area contributed by atoms with Crippen LogP contribution in [0.15, 0.2) is 65.5 Å². The number of benzene rings is 1. The number of aliphatic carboxylic acids is 1. The molecule has 2 aliphatic carbocycles. The van der Waals surface area contributed by atoms with Gasteiger partial charge < -0.3 is 14.7 Å². The maximum Gasteiger partial charge on any atom is 0.311 e. The number of carbonyl (C=O) groups is 1. The van der Waals surface area contributed by atoms with Crippen LogP contribution in [0.5, 0.6) is 0 Å². The van der Waals surface area contributed by atoms with E-state index in [0.29, 0.717) is 17.7 Å². The molecule has 2 fully saturated rings. The minimum absolute atomic E-state index is 0.0634. The van der Waals surface area contributed by atoms with E-state index in [9.17, 15) is 22.7 Å². The number of hydrogen-bond acceptors (Lipinski definition) is 6. The summed E-state index contributed by atoms with van der Waals surface area (Å²) in [7, 11) is -2.97. The van der Waals surface area contributed by atoms with E-state index in [1.54, 1.807) is 12.1 Å². The van der Waals surface area contributed by atoms with E-state index in [1.165, 1.54) is 12.3 Å². The third-order valence-electron chi connectivity index (χ3n) is 8.07. The third-order valence-corrected chi connectivity index (χ3v) is 9.14. The zero-order valence-corrected chi connectivity index (χ0v) is 23.9. The van der Waals surface area contributed by atoms with E-state index in [4.69, 9.17) is 9.72 Å². The average Bonchev–Trinajstić information content (AvgIpc) is 3.42. The summed E-state index contributed by atoms with van der Waals surface area (Å²) in [5.74, 6) is 0.565. The van der Waals surface area contributed by atoms with Crippen molar-refractivity contribution in [3.63, 3.8) is 0 Å². The molecule has 212 valence electrons. The number of aryl methyl sites for hydroxylation is 1. The molecule has 0 bridgehead atoms. The molecule has 40 heavy (non-hydrogen) atoms. The van der Waals surface area contributed by atoms with Gasteiger partial charge in [-0.15, -0.1) is 0 Å². The number of carboxylic acids is 1. The van der Waals surface area contributed by atoms with Crippen molar-refractivity contribution in [2.75, 3.05) is 30.0 Å². The van der Waals surface area contributed by atoms with Gasteiger partial charge in [-0.1, -0.05) is 17.7 Å². The van der Waals surface area contributed by atoms with Gasteiger partial charge in [-0.25, -0.2) is 17.8 Å². The minimum atomic E-state index is -2.97. The number of fused-ring (bicyclic) bond motifs is 1. The van der Waals surface area contributed by atoms with Crippen LogP contribution in [-0.2, 0) is 26.0 Å². The number of pyridine rings is 1. The highest BCUT2D eigenvalue weighted by atomic mass is 32.2. The largest absolute Gasteiger partial charge is 0.489 e. The van der Waals surface area contributed by atoms with Crippen LogP contribution in [0.2, 0.25) is 0 Å².